The number of anilines is 2. The van der Waals surface area contributed by atoms with E-state index in [0.717, 1.165) is 34.9 Å². The van der Waals surface area contributed by atoms with Crippen LogP contribution in [0.1, 0.15) is 29.2 Å². The number of carbonyl (C=O) groups is 1. The van der Waals surface area contributed by atoms with Crippen LogP contribution in [-0.4, -0.2) is 56.9 Å². The van der Waals surface area contributed by atoms with E-state index in [2.05, 4.69) is 24.8 Å². The lowest BCUT2D eigenvalue weighted by Gasteiger charge is -2.35. The monoisotopic (exact) mass is 467 g/mol. The molecular weight excluding hydrogens is 442 g/mol. The topological polar surface area (TPSA) is 101 Å². The Balaban J connectivity index is 0.00000119. The van der Waals surface area contributed by atoms with E-state index in [-0.39, 0.29) is 5.91 Å². The van der Waals surface area contributed by atoms with Gasteiger partial charge < -0.3 is 15.5 Å². The molecule has 0 aliphatic carbocycles. The van der Waals surface area contributed by atoms with Crippen LogP contribution in [0, 0.1) is 6.92 Å². The molecule has 166 valence electrons. The van der Waals surface area contributed by atoms with E-state index in [9.17, 15) is 4.79 Å². The molecule has 4 aromatic heterocycles. The zero-order valence-electron chi connectivity index (χ0n) is 18.3. The Kier molecular flexibility index (Phi) is 6.61. The summed E-state index contributed by atoms with van der Waals surface area (Å²) in [6, 6.07) is 5.79. The van der Waals surface area contributed by atoms with E-state index < -0.39 is 0 Å². The summed E-state index contributed by atoms with van der Waals surface area (Å²) >= 11 is 2.84. The minimum absolute atomic E-state index is 0.0124. The van der Waals surface area contributed by atoms with Crippen LogP contribution in [0.3, 0.4) is 0 Å². The Morgan fingerprint density at radius 1 is 1.06 bits per heavy atom. The quantitative estimate of drug-likeness (QED) is 0.484. The van der Waals surface area contributed by atoms with Crippen molar-refractivity contribution < 1.29 is 4.79 Å². The maximum atomic E-state index is 13.1. The number of nitrogens with zero attached hydrogens (tertiary/aromatic N) is 6. The zero-order valence-corrected chi connectivity index (χ0v) is 19.9. The van der Waals surface area contributed by atoms with Crippen LogP contribution in [0.5, 0.6) is 0 Å². The molecule has 1 fully saturated rings. The van der Waals surface area contributed by atoms with Crippen molar-refractivity contribution in [1.82, 2.24) is 24.8 Å². The Bertz CT molecular complexity index is 1210. The summed E-state index contributed by atoms with van der Waals surface area (Å²) in [7, 11) is 0. The van der Waals surface area contributed by atoms with Crippen LogP contribution in [0.15, 0.2) is 36.0 Å². The lowest BCUT2D eigenvalue weighted by atomic mass is 10.2. The second kappa shape index (κ2) is 9.58. The number of rotatable bonds is 3. The molecule has 8 nitrogen and oxygen atoms in total. The first-order chi connectivity index (χ1) is 15.6. The van der Waals surface area contributed by atoms with E-state index in [1.165, 1.54) is 22.7 Å². The van der Waals surface area contributed by atoms with Crippen molar-refractivity contribution in [2.45, 2.75) is 20.8 Å². The number of aryl methyl sites for hydroxylation is 1. The van der Waals surface area contributed by atoms with Gasteiger partial charge in [0.05, 0.1) is 10.3 Å². The van der Waals surface area contributed by atoms with E-state index in [1.54, 1.807) is 12.4 Å². The standard InChI is InChI=1S/C20H19N7OS2.C2H6/c1-12-11-29-19(23-12)17-24-16(21)14-10-15(30-18(14)25-17)20(28)27-8-6-26(7-9-27)13-2-4-22-5-3-13;1-2/h2-5,10-11H,6-9H2,1H3,(H2,21,24,25);1-2H3. The third-order valence-corrected chi connectivity index (χ3v) is 7.01. The third-order valence-electron chi connectivity index (χ3n) is 5.04. The number of hydrogen-bond donors (Lipinski definition) is 1. The fraction of sp³-hybridized carbons (Fsp3) is 0.318. The van der Waals surface area contributed by atoms with Crippen LogP contribution < -0.4 is 10.6 Å². The van der Waals surface area contributed by atoms with Gasteiger partial charge in [-0.05, 0) is 25.1 Å². The fourth-order valence-electron chi connectivity index (χ4n) is 3.48. The van der Waals surface area contributed by atoms with Crippen molar-refractivity contribution in [1.29, 1.82) is 0 Å². The summed E-state index contributed by atoms with van der Waals surface area (Å²) in [5.41, 5.74) is 8.22. The normalized spacial score (nSPS) is 13.7. The number of carbonyl (C=O) groups excluding carboxylic acids is 1. The van der Waals surface area contributed by atoms with Gasteiger partial charge in [-0.2, -0.15) is 0 Å². The van der Waals surface area contributed by atoms with Gasteiger partial charge in [0.2, 0.25) is 0 Å². The molecule has 0 unspecified atom stereocenters. The number of hydrogen-bond acceptors (Lipinski definition) is 9. The number of thiazole rings is 1. The number of thiophene rings is 1. The SMILES string of the molecule is CC.Cc1csc(-c2nc(N)c3cc(C(=O)N4CCN(c5ccncc5)CC4)sc3n2)n1. The molecule has 0 aromatic carbocycles. The van der Waals surface area contributed by atoms with Gasteiger partial charge in [-0.15, -0.1) is 22.7 Å². The highest BCUT2D eigenvalue weighted by Crippen LogP contribution is 2.31. The lowest BCUT2D eigenvalue weighted by molar-refractivity contribution is 0.0751. The predicted octanol–water partition coefficient (Wildman–Crippen LogP) is 4.09. The van der Waals surface area contributed by atoms with Crippen molar-refractivity contribution in [2.75, 3.05) is 36.8 Å². The molecule has 2 N–H and O–H groups in total. The van der Waals surface area contributed by atoms with Crippen molar-refractivity contribution in [3.8, 4) is 10.8 Å². The van der Waals surface area contributed by atoms with Gasteiger partial charge in [0.1, 0.15) is 10.6 Å². The predicted molar refractivity (Wildman–Crippen MR) is 131 cm³/mol. The van der Waals surface area contributed by atoms with Crippen molar-refractivity contribution >= 4 is 50.3 Å². The van der Waals surface area contributed by atoms with Gasteiger partial charge in [-0.25, -0.2) is 15.0 Å². The number of piperazine rings is 1. The van der Waals surface area contributed by atoms with Gasteiger partial charge in [0.25, 0.3) is 5.91 Å². The van der Waals surface area contributed by atoms with Gasteiger partial charge in [0, 0.05) is 55.3 Å². The van der Waals surface area contributed by atoms with Crippen LogP contribution >= 0.6 is 22.7 Å². The molecule has 5 heterocycles. The van der Waals surface area contributed by atoms with Gasteiger partial charge >= 0.3 is 0 Å². The van der Waals surface area contributed by atoms with Crippen LogP contribution in [-0.2, 0) is 0 Å². The van der Waals surface area contributed by atoms with E-state index in [0.29, 0.717) is 34.4 Å². The minimum Gasteiger partial charge on any atom is -0.383 e. The van der Waals surface area contributed by atoms with Gasteiger partial charge in [-0.1, -0.05) is 13.8 Å². The Morgan fingerprint density at radius 2 is 1.78 bits per heavy atom. The largest absolute Gasteiger partial charge is 0.383 e. The summed E-state index contributed by atoms with van der Waals surface area (Å²) < 4.78 is 0. The molecule has 5 rings (SSSR count). The number of aromatic nitrogens is 4. The molecule has 1 amide bonds. The molecule has 0 bridgehead atoms. The molecule has 1 saturated heterocycles. The molecule has 32 heavy (non-hydrogen) atoms. The molecule has 10 heteroatoms. The fourth-order valence-corrected chi connectivity index (χ4v) is 5.21. The summed E-state index contributed by atoms with van der Waals surface area (Å²) in [5.74, 6) is 0.893. The molecule has 4 aromatic rings. The van der Waals surface area contributed by atoms with Crippen molar-refractivity contribution in [3.05, 3.63) is 46.5 Å². The average molecular weight is 468 g/mol. The third kappa shape index (κ3) is 4.42. The van der Waals surface area contributed by atoms with E-state index in [4.69, 9.17) is 5.73 Å². The highest BCUT2D eigenvalue weighted by molar-refractivity contribution is 7.20. The molecular formula is C22H25N7OS2. The van der Waals surface area contributed by atoms with Crippen molar-refractivity contribution in [2.24, 2.45) is 0 Å². The Hall–Kier alpha value is -3.11. The summed E-state index contributed by atoms with van der Waals surface area (Å²) in [6.07, 6.45) is 3.58. The second-order valence-corrected chi connectivity index (χ2v) is 8.93. The Labute approximate surface area is 194 Å². The summed E-state index contributed by atoms with van der Waals surface area (Å²) in [6.45, 7) is 8.84. The van der Waals surface area contributed by atoms with E-state index >= 15 is 0 Å². The summed E-state index contributed by atoms with van der Waals surface area (Å²) in [5, 5.41) is 3.40. The maximum Gasteiger partial charge on any atom is 0.264 e. The summed E-state index contributed by atoms with van der Waals surface area (Å²) in [4.78, 5) is 36.1. The molecule has 0 radical (unpaired) electrons. The first-order valence-corrected chi connectivity index (χ1v) is 12.2. The molecule has 0 saturated carbocycles. The Morgan fingerprint density at radius 3 is 2.44 bits per heavy atom. The molecule has 0 spiro atoms. The van der Waals surface area contributed by atoms with Crippen LogP contribution in [0.25, 0.3) is 21.0 Å². The molecule has 1 aliphatic heterocycles. The van der Waals surface area contributed by atoms with Crippen molar-refractivity contribution in [3.63, 3.8) is 0 Å². The number of pyridine rings is 1. The van der Waals surface area contributed by atoms with Crippen LogP contribution in [0.2, 0.25) is 0 Å². The minimum atomic E-state index is 0.0124. The highest BCUT2D eigenvalue weighted by atomic mass is 32.1. The van der Waals surface area contributed by atoms with Gasteiger partial charge in [0.15, 0.2) is 10.8 Å². The highest BCUT2D eigenvalue weighted by Gasteiger charge is 2.25. The number of amides is 1. The molecule has 0 atom stereocenters. The van der Waals surface area contributed by atoms with Crippen LogP contribution in [0.4, 0.5) is 11.5 Å². The number of fused-ring (bicyclic) bond motifs is 1. The molecule has 1 aliphatic rings. The first-order valence-electron chi connectivity index (χ1n) is 10.5. The smallest absolute Gasteiger partial charge is 0.264 e. The van der Waals surface area contributed by atoms with Gasteiger partial charge in [-0.3, -0.25) is 9.78 Å². The number of nitrogen functional groups attached to an aromatic ring is 1. The lowest BCUT2D eigenvalue weighted by Crippen LogP contribution is -2.48. The van der Waals surface area contributed by atoms with E-state index in [1.807, 2.05) is 49.3 Å². The first kappa shape index (κ1) is 22.1. The second-order valence-electron chi connectivity index (χ2n) is 7.04. The zero-order chi connectivity index (χ0) is 22.7. The maximum absolute atomic E-state index is 13.1. The average Bonchev–Trinajstić information content (AvgIpc) is 3.47. The number of nitrogens with two attached hydrogens (primary N) is 1.